The van der Waals surface area contributed by atoms with E-state index in [1.54, 1.807) is 6.33 Å². The van der Waals surface area contributed by atoms with E-state index in [1.807, 2.05) is 0 Å². The lowest BCUT2D eigenvalue weighted by atomic mass is 9.80. The van der Waals surface area contributed by atoms with Crippen LogP contribution in [0.5, 0.6) is 0 Å². The van der Waals surface area contributed by atoms with Crippen LogP contribution in [0.3, 0.4) is 0 Å². The van der Waals surface area contributed by atoms with E-state index in [9.17, 15) is 0 Å². The summed E-state index contributed by atoms with van der Waals surface area (Å²) in [6.45, 7) is 9.93. The van der Waals surface area contributed by atoms with Crippen LogP contribution in [0.25, 0.3) is 0 Å². The topological polar surface area (TPSA) is 49.8 Å². The monoisotopic (exact) mass is 290 g/mol. The van der Waals surface area contributed by atoms with Crippen molar-refractivity contribution in [3.05, 3.63) is 11.9 Å². The van der Waals surface area contributed by atoms with E-state index in [2.05, 4.69) is 48.3 Å². The lowest BCUT2D eigenvalue weighted by Crippen LogP contribution is -2.33. The van der Waals surface area contributed by atoms with Gasteiger partial charge in [-0.15, -0.1) is 0 Å². The lowest BCUT2D eigenvalue weighted by molar-refractivity contribution is 0.276. The minimum absolute atomic E-state index is 0.543. The Bertz CT molecular complexity index is 446. The van der Waals surface area contributed by atoms with E-state index < -0.39 is 0 Å². The lowest BCUT2D eigenvalue weighted by Gasteiger charge is -2.34. The summed E-state index contributed by atoms with van der Waals surface area (Å²) in [5, 5.41) is 7.08. The molecule has 1 fully saturated rings. The highest BCUT2D eigenvalue weighted by Crippen LogP contribution is 2.32. The van der Waals surface area contributed by atoms with Gasteiger partial charge in [0.1, 0.15) is 18.0 Å². The normalized spacial score (nSPS) is 25.6. The summed E-state index contributed by atoms with van der Waals surface area (Å²) in [6.07, 6.45) is 7.67. The average Bonchev–Trinajstić information content (AvgIpc) is 2.45. The molecule has 1 aliphatic rings. The van der Waals surface area contributed by atoms with Gasteiger partial charge in [0.25, 0.3) is 0 Å². The minimum Gasteiger partial charge on any atom is -0.370 e. The number of rotatable bonds is 6. The zero-order valence-corrected chi connectivity index (χ0v) is 13.9. The van der Waals surface area contributed by atoms with Gasteiger partial charge in [0.2, 0.25) is 0 Å². The summed E-state index contributed by atoms with van der Waals surface area (Å²) in [7, 11) is 0. The highest BCUT2D eigenvalue weighted by atomic mass is 15.1. The maximum absolute atomic E-state index is 4.53. The molecule has 1 saturated carbocycles. The molecule has 1 aromatic heterocycles. The number of hydrogen-bond acceptors (Lipinski definition) is 4. The quantitative estimate of drug-likeness (QED) is 0.828. The molecule has 4 nitrogen and oxygen atoms in total. The molecule has 21 heavy (non-hydrogen) atoms. The van der Waals surface area contributed by atoms with Gasteiger partial charge in [-0.05, 0) is 44.4 Å². The molecule has 0 radical (unpaired) electrons. The Kier molecular flexibility index (Phi) is 5.83. The average molecular weight is 290 g/mol. The molecule has 1 aromatic rings. The summed E-state index contributed by atoms with van der Waals surface area (Å²) < 4.78 is 0. The molecule has 1 aliphatic carbocycles. The maximum atomic E-state index is 4.53. The molecule has 0 saturated heterocycles. The van der Waals surface area contributed by atoms with Crippen LogP contribution in [-0.2, 0) is 6.42 Å². The number of aromatic nitrogens is 2. The predicted octanol–water partition coefficient (Wildman–Crippen LogP) is 4.10. The fourth-order valence-electron chi connectivity index (χ4n) is 3.40. The third-order valence-corrected chi connectivity index (χ3v) is 4.54. The second kappa shape index (κ2) is 7.62. The Balaban J connectivity index is 2.16. The first kappa shape index (κ1) is 16.1. The largest absolute Gasteiger partial charge is 0.370 e. The van der Waals surface area contributed by atoms with Crippen molar-refractivity contribution in [2.45, 2.75) is 65.8 Å². The smallest absolute Gasteiger partial charge is 0.134 e. The van der Waals surface area contributed by atoms with Crippen molar-refractivity contribution in [2.75, 3.05) is 17.2 Å². The Morgan fingerprint density at radius 2 is 1.90 bits per heavy atom. The molecule has 0 spiro atoms. The standard InChI is InChI=1S/C17H30N4/c1-5-7-14-16(18-6-2)19-11-20-17(14)21-15-9-8-12(3)10-13(15)4/h11-13,15H,5-10H2,1-4H3,(H2,18,19,20,21). The molecule has 0 aliphatic heterocycles. The zero-order chi connectivity index (χ0) is 15.2. The van der Waals surface area contributed by atoms with Crippen LogP contribution in [0.4, 0.5) is 11.6 Å². The minimum atomic E-state index is 0.543. The Hall–Kier alpha value is -1.32. The van der Waals surface area contributed by atoms with Crippen LogP contribution >= 0.6 is 0 Å². The van der Waals surface area contributed by atoms with Gasteiger partial charge in [0.15, 0.2) is 0 Å². The van der Waals surface area contributed by atoms with Crippen molar-refractivity contribution < 1.29 is 0 Å². The first-order valence-electron chi connectivity index (χ1n) is 8.49. The van der Waals surface area contributed by atoms with Crippen molar-refractivity contribution in [3.63, 3.8) is 0 Å². The second-order valence-corrected chi connectivity index (χ2v) is 6.48. The molecule has 0 amide bonds. The van der Waals surface area contributed by atoms with Crippen molar-refractivity contribution >= 4 is 11.6 Å². The van der Waals surface area contributed by atoms with Gasteiger partial charge in [-0.1, -0.05) is 27.2 Å². The first-order valence-corrected chi connectivity index (χ1v) is 8.49. The van der Waals surface area contributed by atoms with E-state index in [1.165, 1.54) is 24.8 Å². The van der Waals surface area contributed by atoms with Gasteiger partial charge in [-0.3, -0.25) is 0 Å². The highest BCUT2D eigenvalue weighted by molar-refractivity contribution is 5.57. The zero-order valence-electron chi connectivity index (χ0n) is 13.9. The third kappa shape index (κ3) is 4.08. The fraction of sp³-hybridized carbons (Fsp3) is 0.765. The van der Waals surface area contributed by atoms with Crippen molar-refractivity contribution in [2.24, 2.45) is 11.8 Å². The van der Waals surface area contributed by atoms with Gasteiger partial charge in [-0.2, -0.15) is 0 Å². The van der Waals surface area contributed by atoms with Crippen LogP contribution in [0.1, 0.15) is 58.9 Å². The van der Waals surface area contributed by atoms with Gasteiger partial charge < -0.3 is 10.6 Å². The fourth-order valence-corrected chi connectivity index (χ4v) is 3.40. The van der Waals surface area contributed by atoms with Gasteiger partial charge in [-0.25, -0.2) is 9.97 Å². The molecular weight excluding hydrogens is 260 g/mol. The number of nitrogens with one attached hydrogen (secondary N) is 2. The SMILES string of the molecule is CCCc1c(NCC)ncnc1NC1CCC(C)CC1C. The second-order valence-electron chi connectivity index (χ2n) is 6.48. The molecule has 3 unspecified atom stereocenters. The highest BCUT2D eigenvalue weighted by Gasteiger charge is 2.26. The summed E-state index contributed by atoms with van der Waals surface area (Å²) in [6, 6.07) is 0.543. The predicted molar refractivity (Wildman–Crippen MR) is 89.8 cm³/mol. The molecule has 3 atom stereocenters. The molecule has 2 rings (SSSR count). The molecule has 4 heteroatoms. The van der Waals surface area contributed by atoms with E-state index in [0.29, 0.717) is 12.0 Å². The molecule has 118 valence electrons. The van der Waals surface area contributed by atoms with Crippen LogP contribution in [0.15, 0.2) is 6.33 Å². The molecule has 0 aromatic carbocycles. The van der Waals surface area contributed by atoms with Crippen molar-refractivity contribution in [1.82, 2.24) is 9.97 Å². The van der Waals surface area contributed by atoms with E-state index in [4.69, 9.17) is 0 Å². The van der Waals surface area contributed by atoms with Crippen molar-refractivity contribution in [1.29, 1.82) is 0 Å². The number of anilines is 2. The van der Waals surface area contributed by atoms with Crippen LogP contribution in [0.2, 0.25) is 0 Å². The van der Waals surface area contributed by atoms with Gasteiger partial charge >= 0.3 is 0 Å². The van der Waals surface area contributed by atoms with Crippen LogP contribution < -0.4 is 10.6 Å². The summed E-state index contributed by atoms with van der Waals surface area (Å²) in [4.78, 5) is 8.94. The van der Waals surface area contributed by atoms with Gasteiger partial charge in [0.05, 0.1) is 0 Å². The summed E-state index contributed by atoms with van der Waals surface area (Å²) >= 11 is 0. The van der Waals surface area contributed by atoms with Crippen LogP contribution in [-0.4, -0.2) is 22.6 Å². The van der Waals surface area contributed by atoms with Crippen LogP contribution in [0, 0.1) is 11.8 Å². The maximum Gasteiger partial charge on any atom is 0.134 e. The molecule has 2 N–H and O–H groups in total. The van der Waals surface area contributed by atoms with E-state index >= 15 is 0 Å². The van der Waals surface area contributed by atoms with E-state index in [-0.39, 0.29) is 0 Å². The Morgan fingerprint density at radius 3 is 2.57 bits per heavy atom. The number of hydrogen-bond donors (Lipinski definition) is 2. The molecule has 1 heterocycles. The summed E-state index contributed by atoms with van der Waals surface area (Å²) in [5.74, 6) is 3.60. The Morgan fingerprint density at radius 1 is 1.14 bits per heavy atom. The molecular formula is C17H30N4. The summed E-state index contributed by atoms with van der Waals surface area (Å²) in [5.41, 5.74) is 1.24. The Labute approximate surface area is 129 Å². The first-order chi connectivity index (χ1) is 10.2. The number of nitrogens with zero attached hydrogens (tertiary/aromatic N) is 2. The van der Waals surface area contributed by atoms with E-state index in [0.717, 1.165) is 36.9 Å². The third-order valence-electron chi connectivity index (χ3n) is 4.54. The molecule has 0 bridgehead atoms. The van der Waals surface area contributed by atoms with Crippen molar-refractivity contribution in [3.8, 4) is 0 Å². The van der Waals surface area contributed by atoms with Gasteiger partial charge in [0, 0.05) is 18.2 Å².